The molecule has 0 amide bonds. The highest BCUT2D eigenvalue weighted by Crippen LogP contribution is 2.31. The Hall–Kier alpha value is -1.39. The quantitative estimate of drug-likeness (QED) is 0.532. The molecule has 1 aliphatic rings. The lowest BCUT2D eigenvalue weighted by molar-refractivity contribution is -0.150. The third kappa shape index (κ3) is 3.82. The number of carbonyl (C=O) groups is 3. The van der Waals surface area contributed by atoms with E-state index >= 15 is 0 Å². The molecule has 2 atom stereocenters. The van der Waals surface area contributed by atoms with Crippen molar-refractivity contribution in [1.29, 1.82) is 0 Å². The molecule has 1 fully saturated rings. The van der Waals surface area contributed by atoms with Gasteiger partial charge in [0.15, 0.2) is 0 Å². The molecule has 102 valence electrons. The van der Waals surface area contributed by atoms with Gasteiger partial charge in [-0.2, -0.15) is 0 Å². The Bertz CT molecular complexity index is 323. The third-order valence-electron chi connectivity index (χ3n) is 3.12. The summed E-state index contributed by atoms with van der Waals surface area (Å²) in [6.45, 7) is 4.10. The fourth-order valence-electron chi connectivity index (χ4n) is 2.23. The number of carbonyl (C=O) groups excluding carboxylic acids is 3. The smallest absolute Gasteiger partial charge is 0.316 e. The second kappa shape index (κ2) is 7.13. The summed E-state index contributed by atoms with van der Waals surface area (Å²) >= 11 is 0. The monoisotopic (exact) mass is 256 g/mol. The van der Waals surface area contributed by atoms with E-state index < -0.39 is 11.9 Å². The van der Waals surface area contributed by atoms with E-state index in [4.69, 9.17) is 9.47 Å². The molecule has 0 aromatic heterocycles. The molecule has 0 spiro atoms. The Labute approximate surface area is 107 Å². The molecule has 0 aromatic carbocycles. The molecule has 18 heavy (non-hydrogen) atoms. The molecule has 0 aliphatic heterocycles. The Balaban J connectivity index is 2.40. The van der Waals surface area contributed by atoms with Gasteiger partial charge in [-0.25, -0.2) is 0 Å². The summed E-state index contributed by atoms with van der Waals surface area (Å²) in [4.78, 5) is 34.6. The van der Waals surface area contributed by atoms with Crippen LogP contribution in [0.3, 0.4) is 0 Å². The highest BCUT2D eigenvalue weighted by molar-refractivity contribution is 6.01. The summed E-state index contributed by atoms with van der Waals surface area (Å²) in [7, 11) is 0. The first-order valence-corrected chi connectivity index (χ1v) is 6.46. The molecule has 0 N–H and O–H groups in total. The van der Waals surface area contributed by atoms with E-state index in [0.717, 1.165) is 0 Å². The van der Waals surface area contributed by atoms with Crippen LogP contribution < -0.4 is 0 Å². The lowest BCUT2D eigenvalue weighted by atomic mass is 9.98. The van der Waals surface area contributed by atoms with E-state index in [2.05, 4.69) is 0 Å². The summed E-state index contributed by atoms with van der Waals surface area (Å²) in [6.07, 6.45) is 1.89. The zero-order valence-electron chi connectivity index (χ0n) is 10.9. The van der Waals surface area contributed by atoms with Crippen LogP contribution in [-0.4, -0.2) is 30.9 Å². The molecule has 0 bridgehead atoms. The first-order chi connectivity index (χ1) is 8.60. The van der Waals surface area contributed by atoms with Crippen LogP contribution in [0.2, 0.25) is 0 Å². The normalized spacial score (nSPS) is 22.9. The van der Waals surface area contributed by atoms with Crippen molar-refractivity contribution in [2.75, 3.05) is 13.2 Å². The Morgan fingerprint density at radius 1 is 1.17 bits per heavy atom. The number of rotatable bonds is 6. The van der Waals surface area contributed by atoms with Gasteiger partial charge in [0, 0.05) is 12.3 Å². The molecule has 1 aliphatic carbocycles. The van der Waals surface area contributed by atoms with Gasteiger partial charge >= 0.3 is 11.9 Å². The highest BCUT2D eigenvalue weighted by Gasteiger charge is 2.39. The van der Waals surface area contributed by atoms with Crippen LogP contribution in [0, 0.1) is 11.8 Å². The fraction of sp³-hybridized carbons (Fsp3) is 0.769. The largest absolute Gasteiger partial charge is 0.466 e. The van der Waals surface area contributed by atoms with Gasteiger partial charge in [-0.1, -0.05) is 0 Å². The van der Waals surface area contributed by atoms with Crippen LogP contribution in [0.4, 0.5) is 0 Å². The molecule has 5 nitrogen and oxygen atoms in total. The van der Waals surface area contributed by atoms with E-state index in [-0.39, 0.29) is 30.7 Å². The molecule has 0 aromatic rings. The van der Waals surface area contributed by atoms with Gasteiger partial charge in [0.1, 0.15) is 11.7 Å². The summed E-state index contributed by atoms with van der Waals surface area (Å²) < 4.78 is 9.67. The first kappa shape index (κ1) is 14.7. The zero-order chi connectivity index (χ0) is 13.5. The zero-order valence-corrected chi connectivity index (χ0v) is 10.9. The maximum atomic E-state index is 11.9. The predicted molar refractivity (Wildman–Crippen MR) is 63.7 cm³/mol. The van der Waals surface area contributed by atoms with Crippen molar-refractivity contribution in [2.45, 2.75) is 39.5 Å². The Morgan fingerprint density at radius 3 is 2.44 bits per heavy atom. The molecular formula is C13H20O5. The van der Waals surface area contributed by atoms with Crippen molar-refractivity contribution < 1.29 is 23.9 Å². The maximum Gasteiger partial charge on any atom is 0.316 e. The molecule has 0 heterocycles. The molecule has 5 heteroatoms. The van der Waals surface area contributed by atoms with Crippen molar-refractivity contribution in [2.24, 2.45) is 11.8 Å². The van der Waals surface area contributed by atoms with Crippen molar-refractivity contribution in [1.82, 2.24) is 0 Å². The van der Waals surface area contributed by atoms with E-state index in [1.54, 1.807) is 13.8 Å². The number of Topliss-reactive ketones (excluding diaryl/α,β-unsaturated/α-hetero) is 1. The molecular weight excluding hydrogens is 236 g/mol. The second-order valence-corrected chi connectivity index (χ2v) is 4.32. The lowest BCUT2D eigenvalue weighted by Gasteiger charge is -2.09. The fourth-order valence-corrected chi connectivity index (χ4v) is 2.23. The molecule has 2 unspecified atom stereocenters. The van der Waals surface area contributed by atoms with Crippen molar-refractivity contribution >= 4 is 17.7 Å². The van der Waals surface area contributed by atoms with Gasteiger partial charge in [0.25, 0.3) is 0 Å². The van der Waals surface area contributed by atoms with Crippen LogP contribution >= 0.6 is 0 Å². The lowest BCUT2D eigenvalue weighted by Crippen LogP contribution is -2.24. The first-order valence-electron chi connectivity index (χ1n) is 6.46. The number of esters is 2. The molecule has 0 saturated heterocycles. The number of hydrogen-bond donors (Lipinski definition) is 0. The van der Waals surface area contributed by atoms with Gasteiger partial charge in [-0.15, -0.1) is 0 Å². The average Bonchev–Trinajstić information content (AvgIpc) is 2.69. The maximum absolute atomic E-state index is 11.9. The number of ketones is 1. The summed E-state index contributed by atoms with van der Waals surface area (Å²) in [6, 6.07) is 0. The van der Waals surface area contributed by atoms with Gasteiger partial charge in [0.05, 0.1) is 13.2 Å². The predicted octanol–water partition coefficient (Wildman–Crippen LogP) is 1.49. The van der Waals surface area contributed by atoms with Crippen molar-refractivity contribution in [3.63, 3.8) is 0 Å². The minimum atomic E-state index is -0.628. The second-order valence-electron chi connectivity index (χ2n) is 4.32. The van der Waals surface area contributed by atoms with Gasteiger partial charge < -0.3 is 9.47 Å². The van der Waals surface area contributed by atoms with Crippen LogP contribution in [0.5, 0.6) is 0 Å². The third-order valence-corrected chi connectivity index (χ3v) is 3.12. The van der Waals surface area contributed by atoms with Crippen LogP contribution in [-0.2, 0) is 23.9 Å². The van der Waals surface area contributed by atoms with Crippen LogP contribution in [0.25, 0.3) is 0 Å². The van der Waals surface area contributed by atoms with Crippen molar-refractivity contribution in [3.8, 4) is 0 Å². The topological polar surface area (TPSA) is 69.7 Å². The van der Waals surface area contributed by atoms with E-state index in [1.807, 2.05) is 0 Å². The minimum absolute atomic E-state index is 0.0854. The van der Waals surface area contributed by atoms with E-state index in [9.17, 15) is 14.4 Å². The van der Waals surface area contributed by atoms with Crippen LogP contribution in [0.15, 0.2) is 0 Å². The SMILES string of the molecule is CCOC(=O)CCC1CCC(C(=O)OCC)C1=O. The van der Waals surface area contributed by atoms with E-state index in [0.29, 0.717) is 25.9 Å². The minimum Gasteiger partial charge on any atom is -0.466 e. The molecule has 1 saturated carbocycles. The molecule has 1 rings (SSSR count). The summed E-state index contributed by atoms with van der Waals surface area (Å²) in [5.74, 6) is -1.63. The average molecular weight is 256 g/mol. The van der Waals surface area contributed by atoms with Crippen molar-refractivity contribution in [3.05, 3.63) is 0 Å². The number of ether oxygens (including phenoxy) is 2. The number of hydrogen-bond acceptors (Lipinski definition) is 5. The van der Waals surface area contributed by atoms with Gasteiger partial charge in [-0.05, 0) is 33.1 Å². The van der Waals surface area contributed by atoms with E-state index in [1.165, 1.54) is 0 Å². The molecule has 0 radical (unpaired) electrons. The van der Waals surface area contributed by atoms with Gasteiger partial charge in [0.2, 0.25) is 0 Å². The highest BCUT2D eigenvalue weighted by atomic mass is 16.5. The standard InChI is InChI=1S/C13H20O5/c1-3-17-11(14)8-6-9-5-7-10(12(9)15)13(16)18-4-2/h9-10H,3-8H2,1-2H3. The van der Waals surface area contributed by atoms with Gasteiger partial charge in [-0.3, -0.25) is 14.4 Å². The summed E-state index contributed by atoms with van der Waals surface area (Å²) in [5.41, 5.74) is 0. The summed E-state index contributed by atoms with van der Waals surface area (Å²) in [5, 5.41) is 0. The Morgan fingerprint density at radius 2 is 1.83 bits per heavy atom. The Kier molecular flexibility index (Phi) is 5.82. The van der Waals surface area contributed by atoms with Crippen LogP contribution in [0.1, 0.15) is 39.5 Å².